The van der Waals surface area contributed by atoms with Crippen LogP contribution in [0.2, 0.25) is 0 Å². The molecule has 0 aromatic rings. The van der Waals surface area contributed by atoms with E-state index < -0.39 is 0 Å². The largest absolute Gasteiger partial charge is 0.396 e. The van der Waals surface area contributed by atoms with Gasteiger partial charge in [-0.1, -0.05) is 32.1 Å². The predicted molar refractivity (Wildman–Crippen MR) is 73.4 cm³/mol. The van der Waals surface area contributed by atoms with Gasteiger partial charge in [-0.3, -0.25) is 4.79 Å². The van der Waals surface area contributed by atoms with Gasteiger partial charge in [0.15, 0.2) is 0 Å². The summed E-state index contributed by atoms with van der Waals surface area (Å²) in [6.07, 6.45) is 10.3. The van der Waals surface area contributed by atoms with Crippen molar-refractivity contribution in [2.24, 2.45) is 0 Å². The molecule has 0 aliphatic heterocycles. The second kappa shape index (κ2) is 10.3. The lowest BCUT2D eigenvalue weighted by Crippen LogP contribution is -2.41. The zero-order valence-corrected chi connectivity index (χ0v) is 11.4. The lowest BCUT2D eigenvalue weighted by molar-refractivity contribution is -0.121. The lowest BCUT2D eigenvalue weighted by atomic mass is 9.95. The Balaban J connectivity index is 1.90. The summed E-state index contributed by atoms with van der Waals surface area (Å²) in [5, 5.41) is 14.9. The highest BCUT2D eigenvalue weighted by molar-refractivity contribution is 5.78. The van der Waals surface area contributed by atoms with Gasteiger partial charge in [-0.15, -0.1) is 0 Å². The van der Waals surface area contributed by atoms with E-state index in [1.165, 1.54) is 19.3 Å². The molecule has 0 saturated heterocycles. The van der Waals surface area contributed by atoms with E-state index in [1.54, 1.807) is 0 Å². The molecule has 4 nitrogen and oxygen atoms in total. The highest BCUT2D eigenvalue weighted by Gasteiger charge is 2.14. The number of carbonyl (C=O) groups is 1. The van der Waals surface area contributed by atoms with Crippen LogP contribution in [-0.4, -0.2) is 36.8 Å². The predicted octanol–water partition coefficient (Wildman–Crippen LogP) is 1.58. The molecule has 1 amide bonds. The van der Waals surface area contributed by atoms with E-state index in [4.69, 9.17) is 5.11 Å². The van der Waals surface area contributed by atoms with Gasteiger partial charge in [0.05, 0.1) is 6.54 Å². The van der Waals surface area contributed by atoms with Gasteiger partial charge in [0.25, 0.3) is 0 Å². The van der Waals surface area contributed by atoms with E-state index >= 15 is 0 Å². The minimum atomic E-state index is 0.136. The van der Waals surface area contributed by atoms with E-state index in [1.807, 2.05) is 0 Å². The van der Waals surface area contributed by atoms with Gasteiger partial charge in [-0.05, 0) is 32.2 Å². The number of nitrogens with one attached hydrogen (secondary N) is 2. The minimum Gasteiger partial charge on any atom is -0.396 e. The van der Waals surface area contributed by atoms with Crippen molar-refractivity contribution in [1.29, 1.82) is 0 Å². The van der Waals surface area contributed by atoms with Crippen LogP contribution in [-0.2, 0) is 4.79 Å². The Bertz CT molecular complexity index is 216. The summed E-state index contributed by atoms with van der Waals surface area (Å²) in [4.78, 5) is 11.6. The number of amides is 1. The maximum atomic E-state index is 11.6. The number of carbonyl (C=O) groups excluding carboxylic acids is 1. The van der Waals surface area contributed by atoms with Crippen molar-refractivity contribution in [3.63, 3.8) is 0 Å². The monoisotopic (exact) mass is 256 g/mol. The van der Waals surface area contributed by atoms with Gasteiger partial charge in [0.2, 0.25) is 5.91 Å². The summed E-state index contributed by atoms with van der Waals surface area (Å²) in [5.41, 5.74) is 0. The fraction of sp³-hybridized carbons (Fsp3) is 0.929. The molecule has 18 heavy (non-hydrogen) atoms. The summed E-state index contributed by atoms with van der Waals surface area (Å²) >= 11 is 0. The Labute approximate surface area is 111 Å². The van der Waals surface area contributed by atoms with Gasteiger partial charge in [0.1, 0.15) is 0 Å². The first-order valence-corrected chi connectivity index (χ1v) is 7.44. The first kappa shape index (κ1) is 15.4. The van der Waals surface area contributed by atoms with Crippen LogP contribution in [0.5, 0.6) is 0 Å². The molecule has 0 unspecified atom stereocenters. The van der Waals surface area contributed by atoms with Crippen molar-refractivity contribution in [3.8, 4) is 0 Å². The molecule has 0 radical (unpaired) electrons. The molecule has 0 bridgehead atoms. The van der Waals surface area contributed by atoms with E-state index in [2.05, 4.69) is 10.6 Å². The first-order chi connectivity index (χ1) is 8.83. The van der Waals surface area contributed by atoms with Crippen LogP contribution >= 0.6 is 0 Å². The Hall–Kier alpha value is -0.610. The van der Waals surface area contributed by atoms with Crippen LogP contribution in [0.15, 0.2) is 0 Å². The van der Waals surface area contributed by atoms with Crippen molar-refractivity contribution in [2.75, 3.05) is 19.7 Å². The van der Waals surface area contributed by atoms with Gasteiger partial charge in [-0.2, -0.15) is 0 Å². The second-order valence-electron chi connectivity index (χ2n) is 5.22. The van der Waals surface area contributed by atoms with E-state index in [-0.39, 0.29) is 12.5 Å². The third kappa shape index (κ3) is 7.67. The molecule has 1 aliphatic rings. The molecule has 0 atom stereocenters. The third-order valence-corrected chi connectivity index (χ3v) is 3.52. The number of aliphatic hydroxyl groups excluding tert-OH is 1. The molecular formula is C14H28N2O2. The van der Waals surface area contributed by atoms with Crippen LogP contribution in [0.4, 0.5) is 0 Å². The topological polar surface area (TPSA) is 61.4 Å². The summed E-state index contributed by atoms with van der Waals surface area (Å²) in [6, 6.07) is 0.414. The smallest absolute Gasteiger partial charge is 0.234 e. The summed E-state index contributed by atoms with van der Waals surface area (Å²) in [7, 11) is 0. The molecule has 106 valence electrons. The van der Waals surface area contributed by atoms with Crippen molar-refractivity contribution >= 4 is 5.91 Å². The molecule has 1 aliphatic carbocycles. The Morgan fingerprint density at radius 3 is 2.50 bits per heavy atom. The highest BCUT2D eigenvalue weighted by Crippen LogP contribution is 2.16. The summed E-state index contributed by atoms with van der Waals surface area (Å²) in [6.45, 7) is 1.62. The minimum absolute atomic E-state index is 0.136. The number of hydrogen-bond donors (Lipinski definition) is 3. The van der Waals surface area contributed by atoms with Gasteiger partial charge >= 0.3 is 0 Å². The van der Waals surface area contributed by atoms with Crippen molar-refractivity contribution in [2.45, 2.75) is 63.8 Å². The molecule has 1 fully saturated rings. The van der Waals surface area contributed by atoms with Crippen molar-refractivity contribution in [1.82, 2.24) is 10.6 Å². The number of unbranched alkanes of at least 4 members (excludes halogenated alkanes) is 3. The zero-order valence-electron chi connectivity index (χ0n) is 11.4. The molecule has 1 rings (SSSR count). The van der Waals surface area contributed by atoms with Crippen LogP contribution in [0.1, 0.15) is 57.8 Å². The van der Waals surface area contributed by atoms with E-state index in [9.17, 15) is 4.79 Å². The molecule has 1 saturated carbocycles. The van der Waals surface area contributed by atoms with E-state index in [0.717, 1.165) is 45.1 Å². The fourth-order valence-electron chi connectivity index (χ4n) is 2.44. The molecule has 0 aromatic heterocycles. The van der Waals surface area contributed by atoms with E-state index in [0.29, 0.717) is 12.6 Å². The molecule has 0 heterocycles. The third-order valence-electron chi connectivity index (χ3n) is 3.52. The average Bonchev–Trinajstić information content (AvgIpc) is 2.39. The molecular weight excluding hydrogens is 228 g/mol. The Kier molecular flexibility index (Phi) is 8.86. The van der Waals surface area contributed by atoms with Crippen LogP contribution in [0.25, 0.3) is 0 Å². The fourth-order valence-corrected chi connectivity index (χ4v) is 2.44. The SMILES string of the molecule is O=C(CNCCCCCCO)NC1CCCCC1. The maximum Gasteiger partial charge on any atom is 0.234 e. The standard InChI is InChI=1S/C14H28N2O2/c17-11-7-2-1-6-10-15-12-14(18)16-13-8-4-3-5-9-13/h13,15,17H,1-12H2,(H,16,18). The molecule has 3 N–H and O–H groups in total. The summed E-state index contributed by atoms with van der Waals surface area (Å²) < 4.78 is 0. The highest BCUT2D eigenvalue weighted by atomic mass is 16.2. The Morgan fingerprint density at radius 1 is 1.06 bits per heavy atom. The first-order valence-electron chi connectivity index (χ1n) is 7.44. The van der Waals surface area contributed by atoms with Crippen molar-refractivity contribution in [3.05, 3.63) is 0 Å². The average molecular weight is 256 g/mol. The van der Waals surface area contributed by atoms with Gasteiger partial charge < -0.3 is 15.7 Å². The number of aliphatic hydroxyl groups is 1. The molecule has 4 heteroatoms. The maximum absolute atomic E-state index is 11.6. The lowest BCUT2D eigenvalue weighted by Gasteiger charge is -2.22. The van der Waals surface area contributed by atoms with Crippen LogP contribution in [0.3, 0.4) is 0 Å². The summed E-state index contributed by atoms with van der Waals surface area (Å²) in [5.74, 6) is 0.136. The van der Waals surface area contributed by atoms with Crippen LogP contribution in [0, 0.1) is 0 Å². The quantitative estimate of drug-likeness (QED) is 0.549. The number of rotatable bonds is 9. The van der Waals surface area contributed by atoms with Gasteiger partial charge in [0, 0.05) is 12.6 Å². The Morgan fingerprint density at radius 2 is 1.78 bits per heavy atom. The molecule has 0 aromatic carbocycles. The normalized spacial score (nSPS) is 16.7. The van der Waals surface area contributed by atoms with Crippen LogP contribution < -0.4 is 10.6 Å². The molecule has 0 spiro atoms. The second-order valence-corrected chi connectivity index (χ2v) is 5.22. The van der Waals surface area contributed by atoms with Gasteiger partial charge in [-0.25, -0.2) is 0 Å². The van der Waals surface area contributed by atoms with Crippen molar-refractivity contribution < 1.29 is 9.90 Å². The number of hydrogen-bond acceptors (Lipinski definition) is 3. The zero-order chi connectivity index (χ0) is 13.1.